The fourth-order valence-electron chi connectivity index (χ4n) is 2.58. The summed E-state index contributed by atoms with van der Waals surface area (Å²) in [7, 11) is -3.54. The van der Waals surface area contributed by atoms with Crippen LogP contribution in [0.5, 0.6) is 0 Å². The van der Waals surface area contributed by atoms with Crippen LogP contribution in [0.15, 0.2) is 53.6 Å². The molecule has 0 bridgehead atoms. The van der Waals surface area contributed by atoms with Crippen LogP contribution in [0.4, 0.5) is 10.2 Å². The van der Waals surface area contributed by atoms with E-state index in [1.54, 1.807) is 24.3 Å². The Kier molecular flexibility index (Phi) is 4.25. The number of carbonyl (C=O) groups is 1. The first-order valence-electron chi connectivity index (χ1n) is 7.43. The molecule has 0 aliphatic heterocycles. The maximum atomic E-state index is 14.4. The number of benzene rings is 2. The minimum absolute atomic E-state index is 0.0160. The van der Waals surface area contributed by atoms with E-state index in [1.807, 2.05) is 0 Å². The predicted molar refractivity (Wildman–Crippen MR) is 95.0 cm³/mol. The van der Waals surface area contributed by atoms with Crippen molar-refractivity contribution in [3.63, 3.8) is 0 Å². The lowest BCUT2D eigenvalue weighted by molar-refractivity contribution is 0.100. The highest BCUT2D eigenvalue weighted by molar-refractivity contribution is 7.90. The van der Waals surface area contributed by atoms with E-state index in [2.05, 4.69) is 5.10 Å². The Morgan fingerprint density at radius 2 is 1.85 bits per heavy atom. The van der Waals surface area contributed by atoms with Gasteiger partial charge in [0.25, 0.3) is 0 Å². The molecule has 1 aromatic heterocycles. The zero-order chi connectivity index (χ0) is 19.1. The lowest BCUT2D eigenvalue weighted by Gasteiger charge is -2.09. The van der Waals surface area contributed by atoms with Gasteiger partial charge in [-0.15, -0.1) is 0 Å². The first kappa shape index (κ1) is 17.6. The topological polar surface area (TPSA) is 121 Å². The van der Waals surface area contributed by atoms with Gasteiger partial charge in [0.1, 0.15) is 17.3 Å². The molecule has 0 atom stereocenters. The molecule has 0 aliphatic carbocycles. The van der Waals surface area contributed by atoms with Crippen molar-refractivity contribution in [1.29, 1.82) is 0 Å². The molecule has 0 aliphatic rings. The number of nitrogens with zero attached hydrogens (tertiary/aromatic N) is 2. The van der Waals surface area contributed by atoms with Crippen molar-refractivity contribution in [3.05, 3.63) is 60.0 Å². The highest BCUT2D eigenvalue weighted by Gasteiger charge is 2.19. The summed E-state index contributed by atoms with van der Waals surface area (Å²) in [6.07, 6.45) is 2.38. The van der Waals surface area contributed by atoms with E-state index in [1.165, 1.54) is 18.3 Å². The fourth-order valence-corrected chi connectivity index (χ4v) is 3.21. The monoisotopic (exact) mass is 374 g/mol. The molecule has 0 unspecified atom stereocenters. The van der Waals surface area contributed by atoms with Crippen molar-refractivity contribution in [3.8, 4) is 16.8 Å². The van der Waals surface area contributed by atoms with Gasteiger partial charge >= 0.3 is 0 Å². The Labute approximate surface area is 149 Å². The average molecular weight is 374 g/mol. The molecule has 0 radical (unpaired) electrons. The lowest BCUT2D eigenvalue weighted by Crippen LogP contribution is -2.12. The third-order valence-corrected chi connectivity index (χ3v) is 4.97. The van der Waals surface area contributed by atoms with Crippen LogP contribution in [0.25, 0.3) is 16.8 Å². The highest BCUT2D eigenvalue weighted by Crippen LogP contribution is 2.31. The van der Waals surface area contributed by atoms with E-state index in [9.17, 15) is 17.6 Å². The van der Waals surface area contributed by atoms with Crippen molar-refractivity contribution in [1.82, 2.24) is 9.78 Å². The van der Waals surface area contributed by atoms with Gasteiger partial charge in [-0.3, -0.25) is 4.79 Å². The average Bonchev–Trinajstić information content (AvgIpc) is 2.95. The second kappa shape index (κ2) is 6.26. The highest BCUT2D eigenvalue weighted by atomic mass is 32.2. The minimum atomic E-state index is -3.54. The van der Waals surface area contributed by atoms with Gasteiger partial charge in [0.15, 0.2) is 9.84 Å². The van der Waals surface area contributed by atoms with Gasteiger partial charge in [-0.2, -0.15) is 5.10 Å². The summed E-state index contributed by atoms with van der Waals surface area (Å²) in [4.78, 5) is 11.5. The van der Waals surface area contributed by atoms with Crippen LogP contribution in [0.1, 0.15) is 10.4 Å². The first-order chi connectivity index (χ1) is 12.2. The number of rotatable bonds is 4. The Bertz CT molecular complexity index is 1120. The number of anilines is 1. The number of sulfone groups is 1. The molecule has 9 heteroatoms. The Morgan fingerprint density at radius 1 is 1.15 bits per heavy atom. The van der Waals surface area contributed by atoms with E-state index in [4.69, 9.17) is 11.5 Å². The molecule has 4 N–H and O–H groups in total. The SMILES string of the molecule is CS(=O)(=O)c1ccc(-n2ncc(-c3ccccc3C(N)=O)c2N)c(F)c1. The summed E-state index contributed by atoms with van der Waals surface area (Å²) in [6.45, 7) is 0. The standard InChI is InChI=1S/C17H15FN4O3S/c1-26(24,25)10-6-7-15(14(18)8-10)22-16(19)13(9-21-22)11-4-2-3-5-12(11)17(20)23/h2-9H,19H2,1H3,(H2,20,23). The summed E-state index contributed by atoms with van der Waals surface area (Å²) in [6, 6.07) is 10.0. The molecule has 2 aromatic carbocycles. The van der Waals surface area contributed by atoms with E-state index in [0.29, 0.717) is 11.1 Å². The van der Waals surface area contributed by atoms with Crippen LogP contribution in [0.2, 0.25) is 0 Å². The number of halogens is 1. The summed E-state index contributed by atoms with van der Waals surface area (Å²) >= 11 is 0. The van der Waals surface area contributed by atoms with Crippen molar-refractivity contribution >= 4 is 21.6 Å². The van der Waals surface area contributed by atoms with Gasteiger partial charge in [0, 0.05) is 17.4 Å². The number of primary amides is 1. The van der Waals surface area contributed by atoms with Gasteiger partial charge in [-0.05, 0) is 29.8 Å². The molecule has 0 saturated carbocycles. The number of carbonyl (C=O) groups excluding carboxylic acids is 1. The molecule has 1 heterocycles. The third kappa shape index (κ3) is 3.04. The van der Waals surface area contributed by atoms with Crippen molar-refractivity contribution < 1.29 is 17.6 Å². The Morgan fingerprint density at radius 3 is 2.46 bits per heavy atom. The van der Waals surface area contributed by atoms with Crippen molar-refractivity contribution in [2.45, 2.75) is 4.90 Å². The zero-order valence-corrected chi connectivity index (χ0v) is 14.5. The molecule has 7 nitrogen and oxygen atoms in total. The fraction of sp³-hybridized carbons (Fsp3) is 0.0588. The van der Waals surface area contributed by atoms with Crippen LogP contribution in [0.3, 0.4) is 0 Å². The van der Waals surface area contributed by atoms with E-state index in [-0.39, 0.29) is 22.0 Å². The molecule has 3 aromatic rings. The summed E-state index contributed by atoms with van der Waals surface area (Å²) < 4.78 is 38.6. The summed E-state index contributed by atoms with van der Waals surface area (Å²) in [5, 5.41) is 4.07. The summed E-state index contributed by atoms with van der Waals surface area (Å²) in [5.74, 6) is -1.33. The van der Waals surface area contributed by atoms with E-state index >= 15 is 0 Å². The number of aromatic nitrogens is 2. The quantitative estimate of drug-likeness (QED) is 0.721. The Hall–Kier alpha value is -3.20. The van der Waals surface area contributed by atoms with Crippen LogP contribution >= 0.6 is 0 Å². The second-order valence-corrected chi connectivity index (χ2v) is 7.67. The maximum Gasteiger partial charge on any atom is 0.249 e. The molecule has 0 spiro atoms. The minimum Gasteiger partial charge on any atom is -0.383 e. The van der Waals surface area contributed by atoms with Crippen LogP contribution in [0, 0.1) is 5.82 Å². The van der Waals surface area contributed by atoms with Crippen LogP contribution < -0.4 is 11.5 Å². The summed E-state index contributed by atoms with van der Waals surface area (Å²) in [5.41, 5.74) is 12.6. The Balaban J connectivity index is 2.13. The smallest absolute Gasteiger partial charge is 0.249 e. The van der Waals surface area contributed by atoms with Gasteiger partial charge in [-0.1, -0.05) is 18.2 Å². The first-order valence-corrected chi connectivity index (χ1v) is 9.32. The normalized spacial score (nSPS) is 11.5. The predicted octanol–water partition coefficient (Wildman–Crippen LogP) is 1.76. The largest absolute Gasteiger partial charge is 0.383 e. The molecular formula is C17H15FN4O3S. The molecule has 1 amide bonds. The zero-order valence-electron chi connectivity index (χ0n) is 13.7. The van der Waals surface area contributed by atoms with Crippen molar-refractivity contribution in [2.75, 3.05) is 12.0 Å². The third-order valence-electron chi connectivity index (χ3n) is 3.86. The van der Waals surface area contributed by atoms with Crippen molar-refractivity contribution in [2.24, 2.45) is 5.73 Å². The van der Waals surface area contributed by atoms with Gasteiger partial charge in [0.2, 0.25) is 5.91 Å². The number of hydrogen-bond donors (Lipinski definition) is 2. The maximum absolute atomic E-state index is 14.4. The van der Waals surface area contributed by atoms with E-state index in [0.717, 1.165) is 17.0 Å². The van der Waals surface area contributed by atoms with Gasteiger partial charge < -0.3 is 11.5 Å². The molecule has 3 rings (SSSR count). The van der Waals surface area contributed by atoms with Gasteiger partial charge in [-0.25, -0.2) is 17.5 Å². The van der Waals surface area contributed by atoms with E-state index < -0.39 is 21.6 Å². The van der Waals surface area contributed by atoms with Gasteiger partial charge in [0.05, 0.1) is 11.1 Å². The molecule has 134 valence electrons. The molecular weight excluding hydrogens is 359 g/mol. The molecule has 0 fully saturated rings. The number of amides is 1. The number of nitrogen functional groups attached to an aromatic ring is 1. The number of nitrogens with two attached hydrogens (primary N) is 2. The second-order valence-electron chi connectivity index (χ2n) is 5.65. The number of hydrogen-bond acceptors (Lipinski definition) is 5. The lowest BCUT2D eigenvalue weighted by atomic mass is 10.0. The van der Waals surface area contributed by atoms with Crippen LogP contribution in [-0.2, 0) is 9.84 Å². The molecule has 0 saturated heterocycles. The molecule has 26 heavy (non-hydrogen) atoms. The van der Waals surface area contributed by atoms with Crippen LogP contribution in [-0.4, -0.2) is 30.4 Å².